The summed E-state index contributed by atoms with van der Waals surface area (Å²) in [5.41, 5.74) is 6.52. The molecule has 0 aromatic heterocycles. The zero-order chi connectivity index (χ0) is 15.0. The summed E-state index contributed by atoms with van der Waals surface area (Å²) in [5.74, 6) is -1.02. The van der Waals surface area contributed by atoms with Crippen LogP contribution in [0, 0.1) is 11.3 Å². The van der Waals surface area contributed by atoms with Crippen LogP contribution in [0.2, 0.25) is 0 Å². The lowest BCUT2D eigenvalue weighted by Crippen LogP contribution is -2.47. The molecule has 1 aromatic rings. The van der Waals surface area contributed by atoms with Gasteiger partial charge in [-0.05, 0) is 24.6 Å². The van der Waals surface area contributed by atoms with Crippen LogP contribution in [0.15, 0.2) is 24.3 Å². The lowest BCUT2D eigenvalue weighted by molar-refractivity contribution is -0.130. The molecule has 0 bridgehead atoms. The van der Waals surface area contributed by atoms with Gasteiger partial charge in [-0.1, -0.05) is 12.1 Å². The first-order valence-electron chi connectivity index (χ1n) is 6.22. The van der Waals surface area contributed by atoms with Gasteiger partial charge in [0.1, 0.15) is 12.6 Å². The zero-order valence-corrected chi connectivity index (χ0v) is 11.3. The number of hydrogen-bond acceptors (Lipinski definition) is 4. The first-order chi connectivity index (χ1) is 9.56. The Morgan fingerprint density at radius 2 is 2.25 bits per heavy atom. The number of carbonyl (C=O) groups excluding carboxylic acids is 2. The Labute approximate surface area is 117 Å². The van der Waals surface area contributed by atoms with Gasteiger partial charge in [0.15, 0.2) is 0 Å². The first kappa shape index (κ1) is 15.7. The molecule has 6 heteroatoms. The molecule has 0 aliphatic carbocycles. The monoisotopic (exact) mass is 275 g/mol. The molecule has 1 atom stereocenters. The van der Waals surface area contributed by atoms with E-state index >= 15 is 0 Å². The molecule has 0 saturated carbocycles. The third-order valence-corrected chi connectivity index (χ3v) is 2.61. The normalized spacial score (nSPS) is 11.4. The molecule has 1 rings (SSSR count). The van der Waals surface area contributed by atoms with Gasteiger partial charge in [0.25, 0.3) is 0 Å². The largest absolute Gasteiger partial charge is 0.372 e. The number of hydrogen-bond donors (Lipinski definition) is 2. The van der Waals surface area contributed by atoms with Crippen molar-refractivity contribution in [3.63, 3.8) is 0 Å². The second-order valence-electron chi connectivity index (χ2n) is 4.18. The molecule has 6 nitrogen and oxygen atoms in total. The number of nitrogens with zero attached hydrogens (tertiary/aromatic N) is 1. The summed E-state index contributed by atoms with van der Waals surface area (Å²) in [6.07, 6.45) is 0.239. The number of nitriles is 1. The van der Waals surface area contributed by atoms with Crippen molar-refractivity contribution >= 4 is 11.8 Å². The number of rotatable bonds is 7. The van der Waals surface area contributed by atoms with Gasteiger partial charge < -0.3 is 15.8 Å². The number of nitrogens with two attached hydrogens (primary N) is 1. The molecule has 0 aliphatic rings. The molecule has 0 fully saturated rings. The molecule has 0 aliphatic heterocycles. The van der Waals surface area contributed by atoms with Gasteiger partial charge in [0.05, 0.1) is 11.6 Å². The molecule has 2 amide bonds. The molecular formula is C14H17N3O3. The highest BCUT2D eigenvalue weighted by Crippen LogP contribution is 2.07. The topological polar surface area (TPSA) is 105 Å². The van der Waals surface area contributed by atoms with Gasteiger partial charge in [-0.2, -0.15) is 5.26 Å². The third kappa shape index (κ3) is 5.08. The Morgan fingerprint density at radius 3 is 2.85 bits per heavy atom. The van der Waals surface area contributed by atoms with Crippen molar-refractivity contribution < 1.29 is 14.3 Å². The first-order valence-corrected chi connectivity index (χ1v) is 6.22. The number of ether oxygens (including phenoxy) is 1. The van der Waals surface area contributed by atoms with Crippen LogP contribution in [0.5, 0.6) is 0 Å². The summed E-state index contributed by atoms with van der Waals surface area (Å²) >= 11 is 0. The SMILES string of the molecule is CCOCC(=O)N[C@H](Cc1cccc(C#N)c1)C(N)=O. The van der Waals surface area contributed by atoms with Gasteiger partial charge >= 0.3 is 0 Å². The number of amides is 2. The molecule has 20 heavy (non-hydrogen) atoms. The predicted molar refractivity (Wildman–Crippen MR) is 72.5 cm³/mol. The summed E-state index contributed by atoms with van der Waals surface area (Å²) in [7, 11) is 0. The summed E-state index contributed by atoms with van der Waals surface area (Å²) < 4.78 is 4.96. The summed E-state index contributed by atoms with van der Waals surface area (Å²) in [6.45, 7) is 2.07. The van der Waals surface area contributed by atoms with E-state index in [1.165, 1.54) is 0 Å². The van der Waals surface area contributed by atoms with E-state index in [0.29, 0.717) is 12.2 Å². The van der Waals surface area contributed by atoms with Crippen LogP contribution in [0.25, 0.3) is 0 Å². The van der Waals surface area contributed by atoms with Crippen LogP contribution in [-0.2, 0) is 20.7 Å². The summed E-state index contributed by atoms with van der Waals surface area (Å²) in [5, 5.41) is 11.3. The van der Waals surface area contributed by atoms with E-state index < -0.39 is 17.9 Å². The standard InChI is InChI=1S/C14H17N3O3/c1-2-20-9-13(18)17-12(14(16)19)7-10-4-3-5-11(6-10)8-15/h3-6,12H,2,7,9H2,1H3,(H2,16,19)(H,17,18)/t12-/m1/s1. The second kappa shape index (κ2) is 7.92. The van der Waals surface area contributed by atoms with E-state index in [1.807, 2.05) is 6.07 Å². The van der Waals surface area contributed by atoms with Crippen LogP contribution in [0.1, 0.15) is 18.1 Å². The fourth-order valence-electron chi connectivity index (χ4n) is 1.66. The summed E-state index contributed by atoms with van der Waals surface area (Å²) in [6, 6.07) is 8.00. The Kier molecular flexibility index (Phi) is 6.20. The van der Waals surface area contributed by atoms with Crippen LogP contribution >= 0.6 is 0 Å². The maximum atomic E-state index is 11.5. The van der Waals surface area contributed by atoms with Crippen LogP contribution in [0.3, 0.4) is 0 Å². The van der Waals surface area contributed by atoms with Crippen molar-refractivity contribution in [3.05, 3.63) is 35.4 Å². The molecule has 3 N–H and O–H groups in total. The van der Waals surface area contributed by atoms with Crippen molar-refractivity contribution in [2.45, 2.75) is 19.4 Å². The van der Waals surface area contributed by atoms with Crippen LogP contribution < -0.4 is 11.1 Å². The smallest absolute Gasteiger partial charge is 0.246 e. The fraction of sp³-hybridized carbons (Fsp3) is 0.357. The molecule has 0 heterocycles. The van der Waals surface area contributed by atoms with Crippen molar-refractivity contribution in [1.29, 1.82) is 5.26 Å². The maximum Gasteiger partial charge on any atom is 0.246 e. The molecule has 0 unspecified atom stereocenters. The van der Waals surface area contributed by atoms with E-state index in [0.717, 1.165) is 5.56 Å². The number of primary amides is 1. The van der Waals surface area contributed by atoms with Crippen molar-refractivity contribution in [2.24, 2.45) is 5.73 Å². The Bertz CT molecular complexity index is 523. The molecule has 1 aromatic carbocycles. The highest BCUT2D eigenvalue weighted by Gasteiger charge is 2.18. The van der Waals surface area contributed by atoms with Gasteiger partial charge in [-0.3, -0.25) is 9.59 Å². The van der Waals surface area contributed by atoms with Gasteiger partial charge in [0, 0.05) is 13.0 Å². The average Bonchev–Trinajstić information content (AvgIpc) is 2.44. The van der Waals surface area contributed by atoms with E-state index in [1.54, 1.807) is 31.2 Å². The number of benzene rings is 1. The van der Waals surface area contributed by atoms with Crippen LogP contribution in [0.4, 0.5) is 0 Å². The number of nitrogens with one attached hydrogen (secondary N) is 1. The van der Waals surface area contributed by atoms with Crippen molar-refractivity contribution in [3.8, 4) is 6.07 Å². The Hall–Kier alpha value is -2.39. The van der Waals surface area contributed by atoms with E-state index in [4.69, 9.17) is 15.7 Å². The Morgan fingerprint density at radius 1 is 1.50 bits per heavy atom. The number of carbonyl (C=O) groups is 2. The van der Waals surface area contributed by atoms with Crippen molar-refractivity contribution in [2.75, 3.05) is 13.2 Å². The molecular weight excluding hydrogens is 258 g/mol. The molecule has 0 radical (unpaired) electrons. The molecule has 0 saturated heterocycles. The highest BCUT2D eigenvalue weighted by atomic mass is 16.5. The molecule has 106 valence electrons. The van der Waals surface area contributed by atoms with Crippen LogP contribution in [-0.4, -0.2) is 31.1 Å². The third-order valence-electron chi connectivity index (χ3n) is 2.61. The quantitative estimate of drug-likeness (QED) is 0.736. The lowest BCUT2D eigenvalue weighted by Gasteiger charge is -2.15. The second-order valence-corrected chi connectivity index (χ2v) is 4.18. The van der Waals surface area contributed by atoms with Crippen molar-refractivity contribution in [1.82, 2.24) is 5.32 Å². The van der Waals surface area contributed by atoms with Gasteiger partial charge in [-0.15, -0.1) is 0 Å². The van der Waals surface area contributed by atoms with Gasteiger partial charge in [0.2, 0.25) is 11.8 Å². The minimum Gasteiger partial charge on any atom is -0.372 e. The zero-order valence-electron chi connectivity index (χ0n) is 11.3. The minimum atomic E-state index is -0.822. The minimum absolute atomic E-state index is 0.113. The van der Waals surface area contributed by atoms with E-state index in [9.17, 15) is 9.59 Å². The lowest BCUT2D eigenvalue weighted by atomic mass is 10.0. The van der Waals surface area contributed by atoms with E-state index in [2.05, 4.69) is 5.32 Å². The Balaban J connectivity index is 2.70. The van der Waals surface area contributed by atoms with Gasteiger partial charge in [-0.25, -0.2) is 0 Å². The fourth-order valence-corrected chi connectivity index (χ4v) is 1.66. The predicted octanol–water partition coefficient (Wildman–Crippen LogP) is 0.107. The maximum absolute atomic E-state index is 11.5. The highest BCUT2D eigenvalue weighted by molar-refractivity contribution is 5.87. The molecule has 0 spiro atoms. The average molecular weight is 275 g/mol. The van der Waals surface area contributed by atoms with E-state index in [-0.39, 0.29) is 13.0 Å². The summed E-state index contributed by atoms with van der Waals surface area (Å²) in [4.78, 5) is 22.9.